The van der Waals surface area contributed by atoms with Crippen LogP contribution in [0.5, 0.6) is 0 Å². The molecule has 0 aliphatic heterocycles. The summed E-state index contributed by atoms with van der Waals surface area (Å²) in [6, 6.07) is 0. The second-order valence-electron chi connectivity index (χ2n) is 15.6. The Hall–Kier alpha value is -3.44. The van der Waals surface area contributed by atoms with Crippen LogP contribution in [0.2, 0.25) is 0 Å². The normalized spacial score (nSPS) is 13.2. The van der Waals surface area contributed by atoms with Crippen LogP contribution < -0.4 is 0 Å². The minimum Gasteiger partial charge on any atom is -0.462 e. The van der Waals surface area contributed by atoms with Crippen LogP contribution in [0.25, 0.3) is 0 Å². The molecule has 0 bridgehead atoms. The molecule has 0 aromatic carbocycles. The van der Waals surface area contributed by atoms with Crippen LogP contribution in [-0.4, -0.2) is 37.9 Å². The largest absolute Gasteiger partial charge is 0.462 e. The predicted octanol–water partition coefficient (Wildman–Crippen LogP) is 16.4. The molecule has 0 spiro atoms. The lowest BCUT2D eigenvalue weighted by molar-refractivity contribution is -0.162. The quantitative estimate of drug-likeness (QED) is 0.0348. The summed E-state index contributed by atoms with van der Waals surface area (Å²) in [5, 5.41) is 0. The number of esters is 2. The average Bonchev–Trinajstić information content (AvgIpc) is 3.25. The van der Waals surface area contributed by atoms with Crippen molar-refractivity contribution in [2.45, 2.75) is 207 Å². The number of hydrogen-bond donors (Lipinski definition) is 0. The maximum atomic E-state index is 12.7. The van der Waals surface area contributed by atoms with Gasteiger partial charge in [-0.2, -0.15) is 0 Å². The molecule has 0 aliphatic rings. The van der Waals surface area contributed by atoms with E-state index in [-0.39, 0.29) is 25.2 Å². The Morgan fingerprint density at radius 2 is 0.783 bits per heavy atom. The topological polar surface area (TPSA) is 61.8 Å². The molecule has 5 heteroatoms. The van der Waals surface area contributed by atoms with Gasteiger partial charge in [0, 0.05) is 19.4 Å². The third-order valence-corrected chi connectivity index (χ3v) is 9.82. The molecule has 0 N–H and O–H groups in total. The van der Waals surface area contributed by atoms with Crippen LogP contribution >= 0.6 is 0 Å². The van der Waals surface area contributed by atoms with Crippen molar-refractivity contribution in [2.24, 2.45) is 0 Å². The summed E-state index contributed by atoms with van der Waals surface area (Å²) < 4.78 is 17.3. The molecule has 1 unspecified atom stereocenters. The summed E-state index contributed by atoms with van der Waals surface area (Å²) in [5.41, 5.74) is 0. The number of hydrogen-bond acceptors (Lipinski definition) is 5. The Balaban J connectivity index is 4.42. The lowest BCUT2D eigenvalue weighted by atomic mass is 10.1. The second kappa shape index (κ2) is 49.9. The number of ether oxygens (including phenoxy) is 3. The Labute approximate surface area is 370 Å². The molecule has 0 fully saturated rings. The van der Waals surface area contributed by atoms with Crippen LogP contribution in [0.15, 0.2) is 109 Å². The van der Waals surface area contributed by atoms with E-state index < -0.39 is 6.10 Å². The Kier molecular flexibility index (Phi) is 47.1. The van der Waals surface area contributed by atoms with Crippen molar-refractivity contribution in [1.82, 2.24) is 0 Å². The molecule has 0 aromatic heterocycles. The fourth-order valence-corrected chi connectivity index (χ4v) is 6.25. The Morgan fingerprint density at radius 1 is 0.383 bits per heavy atom. The molecule has 0 rings (SSSR count). The van der Waals surface area contributed by atoms with Crippen LogP contribution in [0, 0.1) is 0 Å². The van der Waals surface area contributed by atoms with Gasteiger partial charge in [0.15, 0.2) is 6.10 Å². The predicted molar refractivity (Wildman–Crippen MR) is 260 cm³/mol. The van der Waals surface area contributed by atoms with E-state index in [1.54, 1.807) is 0 Å². The van der Waals surface area contributed by atoms with E-state index >= 15 is 0 Å². The first-order valence-electron chi connectivity index (χ1n) is 24.4. The second-order valence-corrected chi connectivity index (χ2v) is 15.6. The van der Waals surface area contributed by atoms with Crippen molar-refractivity contribution in [3.63, 3.8) is 0 Å². The third-order valence-electron chi connectivity index (χ3n) is 9.82. The lowest BCUT2D eigenvalue weighted by Gasteiger charge is -2.18. The third kappa shape index (κ3) is 47.2. The molecule has 0 saturated carbocycles. The molecule has 5 nitrogen and oxygen atoms in total. The summed E-state index contributed by atoms with van der Waals surface area (Å²) in [6.45, 7) is 7.47. The zero-order valence-electron chi connectivity index (χ0n) is 38.9. The summed E-state index contributed by atoms with van der Waals surface area (Å²) >= 11 is 0. The highest BCUT2D eigenvalue weighted by atomic mass is 16.6. The monoisotopic (exact) mass is 831 g/mol. The molecular formula is C55H90O5. The molecule has 0 heterocycles. The molecule has 60 heavy (non-hydrogen) atoms. The maximum absolute atomic E-state index is 12.7. The fourth-order valence-electron chi connectivity index (χ4n) is 6.25. The lowest BCUT2D eigenvalue weighted by Crippen LogP contribution is -2.30. The Morgan fingerprint density at radius 3 is 1.25 bits per heavy atom. The molecule has 0 amide bonds. The first-order chi connectivity index (χ1) is 29.6. The minimum absolute atomic E-state index is 0.0287. The number of carbonyl (C=O) groups excluding carboxylic acids is 2. The zero-order valence-corrected chi connectivity index (χ0v) is 38.9. The van der Waals surface area contributed by atoms with Gasteiger partial charge >= 0.3 is 11.9 Å². The van der Waals surface area contributed by atoms with Crippen molar-refractivity contribution < 1.29 is 23.8 Å². The van der Waals surface area contributed by atoms with E-state index in [0.29, 0.717) is 25.9 Å². The minimum atomic E-state index is -0.585. The van der Waals surface area contributed by atoms with Gasteiger partial charge < -0.3 is 14.2 Å². The molecule has 0 aromatic rings. The number of unbranched alkanes of at least 4 members (excludes halogenated alkanes) is 14. The van der Waals surface area contributed by atoms with E-state index in [9.17, 15) is 9.59 Å². The smallest absolute Gasteiger partial charge is 0.306 e. The summed E-state index contributed by atoms with van der Waals surface area (Å²) in [4.78, 5) is 25.3. The van der Waals surface area contributed by atoms with Crippen molar-refractivity contribution >= 4 is 11.9 Å². The van der Waals surface area contributed by atoms with E-state index in [2.05, 4.69) is 124 Å². The van der Waals surface area contributed by atoms with Crippen LogP contribution in [-0.2, 0) is 23.8 Å². The van der Waals surface area contributed by atoms with Crippen molar-refractivity contribution in [3.8, 4) is 0 Å². The molecule has 0 radical (unpaired) electrons. The first-order valence-corrected chi connectivity index (χ1v) is 24.4. The maximum Gasteiger partial charge on any atom is 0.306 e. The van der Waals surface area contributed by atoms with Gasteiger partial charge in [-0.3, -0.25) is 9.59 Å². The summed E-state index contributed by atoms with van der Waals surface area (Å²) in [6.07, 6.45) is 68.2. The zero-order chi connectivity index (χ0) is 43.5. The highest BCUT2D eigenvalue weighted by molar-refractivity contribution is 5.70. The molecular weight excluding hydrogens is 741 g/mol. The van der Waals surface area contributed by atoms with Crippen molar-refractivity contribution in [1.29, 1.82) is 0 Å². The average molecular weight is 831 g/mol. The molecule has 0 saturated heterocycles. The molecule has 0 aliphatic carbocycles. The van der Waals surface area contributed by atoms with Crippen LogP contribution in [0.3, 0.4) is 0 Å². The molecule has 340 valence electrons. The highest BCUT2D eigenvalue weighted by Crippen LogP contribution is 2.13. The number of rotatable bonds is 43. The fraction of sp³-hybridized carbons (Fsp3) is 0.636. The molecule has 1 atom stereocenters. The highest BCUT2D eigenvalue weighted by Gasteiger charge is 2.17. The van der Waals surface area contributed by atoms with E-state index in [4.69, 9.17) is 14.2 Å². The number of allylic oxidation sites excluding steroid dienone is 18. The van der Waals surface area contributed by atoms with E-state index in [0.717, 1.165) is 96.3 Å². The van der Waals surface area contributed by atoms with Gasteiger partial charge in [-0.1, -0.05) is 207 Å². The standard InChI is InChI=1S/C55H90O5/c1-4-7-10-13-16-19-22-25-26-27-28-29-30-32-33-36-39-42-45-48-54(56)59-52-53(51-58-50-47-44-41-38-35-24-21-18-15-12-9-6-3)60-55(57)49-46-43-40-37-34-31-23-20-17-14-11-8-5-2/h7-8,10-11,16-17,19-20,25-26,28-29,31-34,39,42,53H,4-6,9,12-15,18,21-24,27,30,35-38,40-41,43-52H2,1-3H3/b10-7-,11-8-,19-16-,20-17-,26-25-,29-28-,33-32-,34-31-,42-39-. The SMILES string of the molecule is CC/C=C\C/C=C\C/C=C\C/C=C\C/C=C\C/C=C\CCC(=O)OCC(COCCCCCCCCCCCCCC)OC(=O)CCCCC/C=C\C/C=C\C/C=C\CC. The van der Waals surface area contributed by atoms with Gasteiger partial charge in [0.05, 0.1) is 6.61 Å². The van der Waals surface area contributed by atoms with E-state index in [1.807, 2.05) is 6.08 Å². The van der Waals surface area contributed by atoms with Crippen LogP contribution in [0.1, 0.15) is 201 Å². The van der Waals surface area contributed by atoms with Gasteiger partial charge in [0.2, 0.25) is 0 Å². The van der Waals surface area contributed by atoms with Crippen molar-refractivity contribution in [3.05, 3.63) is 109 Å². The van der Waals surface area contributed by atoms with Gasteiger partial charge in [-0.25, -0.2) is 0 Å². The van der Waals surface area contributed by atoms with Gasteiger partial charge in [-0.15, -0.1) is 0 Å². The van der Waals surface area contributed by atoms with Gasteiger partial charge in [0.25, 0.3) is 0 Å². The first kappa shape index (κ1) is 56.6. The number of carbonyl (C=O) groups is 2. The van der Waals surface area contributed by atoms with E-state index in [1.165, 1.54) is 64.2 Å². The van der Waals surface area contributed by atoms with Crippen LogP contribution in [0.4, 0.5) is 0 Å². The van der Waals surface area contributed by atoms with Gasteiger partial charge in [0.1, 0.15) is 6.61 Å². The van der Waals surface area contributed by atoms with Gasteiger partial charge in [-0.05, 0) is 89.9 Å². The summed E-state index contributed by atoms with van der Waals surface area (Å²) in [5.74, 6) is -0.533. The Bertz CT molecular complexity index is 1210. The van der Waals surface area contributed by atoms with Crippen molar-refractivity contribution in [2.75, 3.05) is 19.8 Å². The summed E-state index contributed by atoms with van der Waals surface area (Å²) in [7, 11) is 0.